The Morgan fingerprint density at radius 2 is 2.18 bits per heavy atom. The molecule has 2 aliphatic rings. The molecule has 3 heterocycles. The predicted molar refractivity (Wildman–Crippen MR) is 70.6 cm³/mol. The smallest absolute Gasteiger partial charge is 0.132 e. The molecule has 1 aromatic heterocycles. The molecule has 0 spiro atoms. The highest BCUT2D eigenvalue weighted by Gasteiger charge is 2.36. The van der Waals surface area contributed by atoms with Crippen LogP contribution in [0.1, 0.15) is 37.9 Å². The van der Waals surface area contributed by atoms with Crippen molar-refractivity contribution in [3.63, 3.8) is 0 Å². The Kier molecular flexibility index (Phi) is 2.58. The minimum absolute atomic E-state index is 0.512. The van der Waals surface area contributed by atoms with Crippen molar-refractivity contribution in [2.45, 2.75) is 45.2 Å². The summed E-state index contributed by atoms with van der Waals surface area (Å²) >= 11 is 0. The molecule has 17 heavy (non-hydrogen) atoms. The highest BCUT2D eigenvalue weighted by molar-refractivity contribution is 5.56. The van der Waals surface area contributed by atoms with E-state index in [-0.39, 0.29) is 0 Å². The van der Waals surface area contributed by atoms with Crippen molar-refractivity contribution < 1.29 is 0 Å². The van der Waals surface area contributed by atoms with E-state index in [4.69, 9.17) is 4.98 Å². The Morgan fingerprint density at radius 3 is 2.94 bits per heavy atom. The molecule has 2 atom stereocenters. The van der Waals surface area contributed by atoms with Gasteiger partial charge < -0.3 is 10.2 Å². The van der Waals surface area contributed by atoms with Crippen molar-refractivity contribution in [2.75, 3.05) is 18.0 Å². The van der Waals surface area contributed by atoms with Crippen molar-refractivity contribution in [1.82, 2.24) is 10.3 Å². The Bertz CT molecular complexity index is 427. The first kappa shape index (κ1) is 11.0. The average Bonchev–Trinajstić information content (AvgIpc) is 2.67. The van der Waals surface area contributed by atoms with E-state index in [9.17, 15) is 0 Å². The van der Waals surface area contributed by atoms with Crippen molar-refractivity contribution >= 4 is 5.82 Å². The van der Waals surface area contributed by atoms with E-state index in [1.807, 2.05) is 0 Å². The van der Waals surface area contributed by atoms with Crippen LogP contribution in [0.4, 0.5) is 5.82 Å². The van der Waals surface area contributed by atoms with Gasteiger partial charge in [-0.1, -0.05) is 19.9 Å². The van der Waals surface area contributed by atoms with E-state index < -0.39 is 0 Å². The number of aromatic nitrogens is 1. The second-order valence-corrected chi connectivity index (χ2v) is 5.65. The number of rotatable bonds is 1. The zero-order chi connectivity index (χ0) is 12.0. The Morgan fingerprint density at radius 1 is 1.35 bits per heavy atom. The normalized spacial score (nSPS) is 27.2. The first-order valence-electron chi connectivity index (χ1n) is 6.65. The number of nitrogens with one attached hydrogen (secondary N) is 1. The minimum atomic E-state index is 0.512. The van der Waals surface area contributed by atoms with Crippen molar-refractivity contribution in [3.05, 3.63) is 23.4 Å². The summed E-state index contributed by atoms with van der Waals surface area (Å²) in [6, 6.07) is 5.65. The summed E-state index contributed by atoms with van der Waals surface area (Å²) in [6.07, 6.45) is 1.15. The zero-order valence-electron chi connectivity index (χ0n) is 10.9. The van der Waals surface area contributed by atoms with Crippen LogP contribution in [0.5, 0.6) is 0 Å². The maximum Gasteiger partial charge on any atom is 0.132 e. The van der Waals surface area contributed by atoms with Gasteiger partial charge in [0, 0.05) is 30.9 Å². The molecular formula is C14H21N3. The van der Waals surface area contributed by atoms with Gasteiger partial charge in [0.05, 0.1) is 0 Å². The van der Waals surface area contributed by atoms with Crippen LogP contribution in [0, 0.1) is 0 Å². The van der Waals surface area contributed by atoms with Gasteiger partial charge in [-0.05, 0) is 30.9 Å². The number of pyridine rings is 1. The molecule has 3 heteroatoms. The number of hydrogen-bond donors (Lipinski definition) is 1. The molecule has 0 bridgehead atoms. The standard InChI is InChI=1S/C14H21N3/c1-9(2)13-5-4-11-6-12-8-15-7-10(3)17(12)14(11)16-13/h4-5,9-10,12,15H,6-8H2,1-3H3/t10-,12?/m1/s1. The van der Waals surface area contributed by atoms with Gasteiger partial charge in [-0.3, -0.25) is 0 Å². The van der Waals surface area contributed by atoms with E-state index in [1.165, 1.54) is 17.1 Å². The second-order valence-electron chi connectivity index (χ2n) is 5.65. The fourth-order valence-electron chi connectivity index (χ4n) is 3.02. The van der Waals surface area contributed by atoms with E-state index in [0.717, 1.165) is 19.5 Å². The third-order valence-electron chi connectivity index (χ3n) is 3.96. The summed E-state index contributed by atoms with van der Waals surface area (Å²) in [5, 5.41) is 3.51. The number of fused-ring (bicyclic) bond motifs is 3. The topological polar surface area (TPSA) is 28.2 Å². The third kappa shape index (κ3) is 1.73. The highest BCUT2D eigenvalue weighted by atomic mass is 15.3. The highest BCUT2D eigenvalue weighted by Crippen LogP contribution is 2.34. The van der Waals surface area contributed by atoms with Gasteiger partial charge in [-0.2, -0.15) is 0 Å². The molecule has 1 fully saturated rings. The fraction of sp³-hybridized carbons (Fsp3) is 0.643. The monoisotopic (exact) mass is 231 g/mol. The second kappa shape index (κ2) is 3.98. The summed E-state index contributed by atoms with van der Waals surface area (Å²) < 4.78 is 0. The van der Waals surface area contributed by atoms with Crippen LogP contribution < -0.4 is 10.2 Å². The predicted octanol–water partition coefficient (Wildman–Crippen LogP) is 1.93. The molecule has 1 N–H and O–H groups in total. The lowest BCUT2D eigenvalue weighted by molar-refractivity contribution is 0.427. The third-order valence-corrected chi connectivity index (χ3v) is 3.96. The molecule has 2 aliphatic heterocycles. The summed E-state index contributed by atoms with van der Waals surface area (Å²) in [5.41, 5.74) is 2.64. The van der Waals surface area contributed by atoms with Gasteiger partial charge in [-0.25, -0.2) is 4.98 Å². The van der Waals surface area contributed by atoms with Gasteiger partial charge in [-0.15, -0.1) is 0 Å². The molecule has 0 radical (unpaired) electrons. The van der Waals surface area contributed by atoms with Gasteiger partial charge in [0.2, 0.25) is 0 Å². The Balaban J connectivity index is 2.00. The molecule has 0 aliphatic carbocycles. The van der Waals surface area contributed by atoms with Crippen molar-refractivity contribution in [2.24, 2.45) is 0 Å². The summed E-state index contributed by atoms with van der Waals surface area (Å²) in [7, 11) is 0. The largest absolute Gasteiger partial charge is 0.348 e. The van der Waals surface area contributed by atoms with Crippen molar-refractivity contribution in [3.8, 4) is 0 Å². The Labute approximate surface area is 103 Å². The van der Waals surface area contributed by atoms with Crippen molar-refractivity contribution in [1.29, 1.82) is 0 Å². The molecule has 92 valence electrons. The van der Waals surface area contributed by atoms with Crippen LogP contribution in [0.3, 0.4) is 0 Å². The SMILES string of the molecule is CC(C)c1ccc2c(n1)N1C(CNC[C@H]1C)C2. The van der Waals surface area contributed by atoms with Gasteiger partial charge in [0.1, 0.15) is 5.82 Å². The van der Waals surface area contributed by atoms with Gasteiger partial charge in [0.15, 0.2) is 0 Å². The van der Waals surface area contributed by atoms with Gasteiger partial charge in [0.25, 0.3) is 0 Å². The minimum Gasteiger partial charge on any atom is -0.348 e. The first-order valence-corrected chi connectivity index (χ1v) is 6.65. The number of hydrogen-bond acceptors (Lipinski definition) is 3. The Hall–Kier alpha value is -1.09. The van der Waals surface area contributed by atoms with E-state index in [1.54, 1.807) is 0 Å². The van der Waals surface area contributed by atoms with E-state index >= 15 is 0 Å². The molecule has 3 rings (SSSR count). The molecule has 1 unspecified atom stereocenters. The quantitative estimate of drug-likeness (QED) is 0.800. The molecular weight excluding hydrogens is 210 g/mol. The average molecular weight is 231 g/mol. The van der Waals surface area contributed by atoms with Crippen LogP contribution in [-0.4, -0.2) is 30.2 Å². The number of nitrogens with zero attached hydrogens (tertiary/aromatic N) is 2. The molecule has 0 saturated carbocycles. The van der Waals surface area contributed by atoms with Gasteiger partial charge >= 0.3 is 0 Å². The lowest BCUT2D eigenvalue weighted by atomic mass is 10.1. The van der Waals surface area contributed by atoms with Crippen LogP contribution in [0.25, 0.3) is 0 Å². The molecule has 1 saturated heterocycles. The molecule has 3 nitrogen and oxygen atoms in total. The molecule has 0 aromatic carbocycles. The fourth-order valence-corrected chi connectivity index (χ4v) is 3.02. The van der Waals surface area contributed by atoms with Crippen LogP contribution in [0.2, 0.25) is 0 Å². The maximum absolute atomic E-state index is 4.89. The first-order chi connectivity index (χ1) is 8.16. The van der Waals surface area contributed by atoms with E-state index in [2.05, 4.69) is 43.1 Å². The van der Waals surface area contributed by atoms with Crippen LogP contribution in [-0.2, 0) is 6.42 Å². The van der Waals surface area contributed by atoms with Crippen LogP contribution in [0.15, 0.2) is 12.1 Å². The summed E-state index contributed by atoms with van der Waals surface area (Å²) in [4.78, 5) is 7.41. The van der Waals surface area contributed by atoms with Crippen LogP contribution >= 0.6 is 0 Å². The van der Waals surface area contributed by atoms with E-state index in [0.29, 0.717) is 18.0 Å². The lowest BCUT2D eigenvalue weighted by Crippen LogP contribution is -2.55. The summed E-state index contributed by atoms with van der Waals surface area (Å²) in [6.45, 7) is 8.88. The maximum atomic E-state index is 4.89. The number of anilines is 1. The summed E-state index contributed by atoms with van der Waals surface area (Å²) in [5.74, 6) is 1.76. The molecule has 1 aromatic rings. The molecule has 0 amide bonds. The lowest BCUT2D eigenvalue weighted by Gasteiger charge is -2.37. The number of piperazine rings is 1. The zero-order valence-corrected chi connectivity index (χ0v) is 10.9.